The van der Waals surface area contributed by atoms with Crippen molar-refractivity contribution in [2.24, 2.45) is 0 Å². The average Bonchev–Trinajstić information content (AvgIpc) is 2.87. The van der Waals surface area contributed by atoms with Gasteiger partial charge >= 0.3 is 0 Å². The fourth-order valence-corrected chi connectivity index (χ4v) is 10.5. The Labute approximate surface area is 465 Å². The van der Waals surface area contributed by atoms with Crippen molar-refractivity contribution in [1.29, 1.82) is 0 Å². The van der Waals surface area contributed by atoms with E-state index in [-0.39, 0.29) is 0 Å². The van der Waals surface area contributed by atoms with Gasteiger partial charge in [-0.05, 0) is 13.8 Å². The molecule has 7 saturated heterocycles. The van der Waals surface area contributed by atoms with E-state index in [1.807, 2.05) is 0 Å². The molecule has 21 N–H and O–H groups in total. The fourth-order valence-electron chi connectivity index (χ4n) is 10.5. The van der Waals surface area contributed by atoms with Crippen molar-refractivity contribution in [2.45, 2.75) is 243 Å². The molecule has 82 heavy (non-hydrogen) atoms. The van der Waals surface area contributed by atoms with Crippen LogP contribution in [0.25, 0.3) is 0 Å². The summed E-state index contributed by atoms with van der Waals surface area (Å²) in [6.07, 6.45) is -60.5. The number of ether oxygens (including phenoxy) is 13. The quantitative estimate of drug-likeness (QED) is 0.0571. The van der Waals surface area contributed by atoms with Crippen molar-refractivity contribution in [3.8, 4) is 0 Å². The maximum atomic E-state index is 12.9. The molecule has 476 valence electrons. The molecular formula is C46H78N2O34. The number of carbonyl (C=O) groups excluding carboxylic acids is 2. The van der Waals surface area contributed by atoms with Crippen LogP contribution in [0, 0.1) is 0 Å². The van der Waals surface area contributed by atoms with Crippen molar-refractivity contribution in [2.75, 3.05) is 33.0 Å². The Kier molecular flexibility index (Phi) is 23.5. The largest absolute Gasteiger partial charge is 0.394 e. The zero-order valence-electron chi connectivity index (χ0n) is 44.4. The monoisotopic (exact) mass is 1200 g/mol. The highest BCUT2D eigenvalue weighted by Crippen LogP contribution is 2.37. The summed E-state index contributed by atoms with van der Waals surface area (Å²) in [4.78, 5) is 25.7. The molecule has 0 radical (unpaired) electrons. The van der Waals surface area contributed by atoms with Gasteiger partial charge in [0.15, 0.2) is 44.0 Å². The van der Waals surface area contributed by atoms with E-state index >= 15 is 0 Å². The molecular weight excluding hydrogens is 1120 g/mol. The summed E-state index contributed by atoms with van der Waals surface area (Å²) < 4.78 is 75.6. The first-order chi connectivity index (χ1) is 38.6. The first-order valence-corrected chi connectivity index (χ1v) is 26.3. The predicted octanol–water partition coefficient (Wildman–Crippen LogP) is -13.9. The van der Waals surface area contributed by atoms with Crippen LogP contribution >= 0.6 is 0 Å². The molecule has 2 amide bonds. The molecule has 0 aromatic rings. The lowest BCUT2D eigenvalue weighted by Crippen LogP contribution is -2.71. The molecule has 35 atom stereocenters. The topological polar surface area (TPSA) is 563 Å². The van der Waals surface area contributed by atoms with Crippen molar-refractivity contribution < 1.29 is 168 Å². The van der Waals surface area contributed by atoms with Crippen LogP contribution in [0.2, 0.25) is 0 Å². The molecule has 7 heterocycles. The maximum Gasteiger partial charge on any atom is 0.217 e. The normalized spacial score (nSPS) is 51.3. The summed E-state index contributed by atoms with van der Waals surface area (Å²) in [5.74, 6) is -1.72. The van der Waals surface area contributed by atoms with E-state index in [0.29, 0.717) is 0 Å². The molecule has 7 rings (SSSR count). The summed E-state index contributed by atoms with van der Waals surface area (Å²) >= 11 is 0. The molecule has 0 unspecified atom stereocenters. The lowest BCUT2D eigenvalue weighted by molar-refractivity contribution is -0.380. The van der Waals surface area contributed by atoms with Crippen LogP contribution in [0.4, 0.5) is 0 Å². The predicted molar refractivity (Wildman–Crippen MR) is 252 cm³/mol. The number of aliphatic hydroxyl groups excluding tert-OH is 19. The van der Waals surface area contributed by atoms with Gasteiger partial charge in [0.05, 0.1) is 45.2 Å². The second kappa shape index (κ2) is 28.7. The van der Waals surface area contributed by atoms with Crippen molar-refractivity contribution in [3.05, 3.63) is 0 Å². The molecule has 7 fully saturated rings. The van der Waals surface area contributed by atoms with Crippen LogP contribution in [-0.2, 0) is 71.2 Å². The average molecular weight is 1200 g/mol. The van der Waals surface area contributed by atoms with Crippen LogP contribution < -0.4 is 10.6 Å². The second-order valence-corrected chi connectivity index (χ2v) is 21.1. The summed E-state index contributed by atoms with van der Waals surface area (Å²) in [5, 5.41) is 208. The third-order valence-electron chi connectivity index (χ3n) is 15.2. The highest BCUT2D eigenvalue weighted by molar-refractivity contribution is 5.73. The standard InChI is InChI=1S/C46H78N2O34/c1-10-21(54)26(59)32(65)44(72-10)82-39-20(48-13(4)53)40(69)74-18(9-71-42-35(68)30(63)36(11(2)73-42)79-45-33(66)28(61)23(56)15(6-50)76-45)38(39)81-41-19(47-12(3)52)25(58)37(16(7-51)77-41)80-46-34(67)29(62)24(57)17(78-46)8-70-43-31(64)27(60)22(55)14(5-49)75-43/h10-11,14-46,49-51,54-69H,5-9H2,1-4H3,(H,47,52)(H,48,53)/t10-,11-,14-,15-,16-,17-,18-,19-,20-,21+,22-,23+,24-,25-,26+,27+,28+,29+,30-,31+,32-,33-,34+,35-,36+,37-,38-,39-,40-,41+,42+,43+,44-,45+,46+/m1/s1. The fraction of sp³-hybridized carbons (Fsp3) is 0.957. The number of carbonyl (C=O) groups is 2. The van der Waals surface area contributed by atoms with Gasteiger partial charge in [-0.15, -0.1) is 0 Å². The minimum absolute atomic E-state index is 0.801. The highest BCUT2D eigenvalue weighted by Gasteiger charge is 2.58. The molecule has 36 nitrogen and oxygen atoms in total. The van der Waals surface area contributed by atoms with Gasteiger partial charge in [-0.1, -0.05) is 0 Å². The highest BCUT2D eigenvalue weighted by atomic mass is 16.8. The zero-order chi connectivity index (χ0) is 60.5. The van der Waals surface area contributed by atoms with Crippen molar-refractivity contribution in [1.82, 2.24) is 10.6 Å². The van der Waals surface area contributed by atoms with E-state index in [9.17, 15) is 107 Å². The van der Waals surface area contributed by atoms with Crippen molar-refractivity contribution in [3.63, 3.8) is 0 Å². The van der Waals surface area contributed by atoms with Gasteiger partial charge in [0, 0.05) is 13.8 Å². The smallest absolute Gasteiger partial charge is 0.217 e. The van der Waals surface area contributed by atoms with Crippen LogP contribution in [0.15, 0.2) is 0 Å². The molecule has 7 aliphatic heterocycles. The third-order valence-corrected chi connectivity index (χ3v) is 15.2. The van der Waals surface area contributed by atoms with Crippen LogP contribution in [0.3, 0.4) is 0 Å². The Morgan fingerprint density at radius 3 is 1.26 bits per heavy atom. The molecule has 0 spiro atoms. The number of nitrogens with one attached hydrogen (secondary N) is 2. The molecule has 7 aliphatic rings. The number of rotatable bonds is 19. The lowest BCUT2D eigenvalue weighted by atomic mass is 9.93. The van der Waals surface area contributed by atoms with E-state index in [1.54, 1.807) is 0 Å². The zero-order valence-corrected chi connectivity index (χ0v) is 44.4. The minimum Gasteiger partial charge on any atom is -0.394 e. The molecule has 0 bridgehead atoms. The SMILES string of the molecule is CC(=O)N[C@@H]1[C@@H](O[C@H]2O[C@H](C)[C@H](O)[C@H](O)[C@H]2O)[C@H](O[C@@H]2O[C@H](CO)[C@@H](O[C@@H]3O[C@H](CO[C@H]4O[C@H](CO)[C@@H](O)[C@H](O)[C@@H]4O)[C@@H](O)[C@H](O)[C@@H]3O)[C@H](O)[C@H]2NC(C)=O)[C@@H](CO[C@H]2O[C@H](C)[C@H](O[C@@H]3O[C@H](CO)[C@H](O)[C@H](O)[C@H]3O)[C@H](O)[C@H]2O)O[C@H]1O. The summed E-state index contributed by atoms with van der Waals surface area (Å²) in [7, 11) is 0. The first kappa shape index (κ1) is 67.2. The van der Waals surface area contributed by atoms with Crippen molar-refractivity contribution >= 4 is 11.8 Å². The van der Waals surface area contributed by atoms with E-state index in [1.165, 1.54) is 13.8 Å². The molecule has 0 aromatic carbocycles. The molecule has 0 saturated carbocycles. The number of hydrogen-bond donors (Lipinski definition) is 21. The van der Waals surface area contributed by atoms with E-state index < -0.39 is 260 Å². The molecule has 36 heteroatoms. The molecule has 0 aromatic heterocycles. The van der Waals surface area contributed by atoms with Crippen LogP contribution in [-0.4, -0.2) is 357 Å². The number of amides is 2. The minimum atomic E-state index is -2.15. The van der Waals surface area contributed by atoms with Gasteiger partial charge < -0.3 is 169 Å². The Hall–Kier alpha value is -2.34. The second-order valence-electron chi connectivity index (χ2n) is 21.1. The van der Waals surface area contributed by atoms with Gasteiger partial charge in [0.25, 0.3) is 0 Å². The van der Waals surface area contributed by atoms with Crippen LogP contribution in [0.1, 0.15) is 27.7 Å². The number of hydrogen-bond acceptors (Lipinski definition) is 34. The summed E-state index contributed by atoms with van der Waals surface area (Å²) in [6.45, 7) is 0.218. The Balaban J connectivity index is 1.15. The number of aliphatic hydroxyl groups is 19. The lowest BCUT2D eigenvalue weighted by Gasteiger charge is -2.51. The van der Waals surface area contributed by atoms with Gasteiger partial charge in [0.1, 0.15) is 159 Å². The van der Waals surface area contributed by atoms with Gasteiger partial charge in [-0.2, -0.15) is 0 Å². The maximum absolute atomic E-state index is 12.9. The Morgan fingerprint density at radius 1 is 0.341 bits per heavy atom. The van der Waals surface area contributed by atoms with E-state index in [2.05, 4.69) is 10.6 Å². The van der Waals surface area contributed by atoms with Gasteiger partial charge in [-0.3, -0.25) is 9.59 Å². The first-order valence-electron chi connectivity index (χ1n) is 26.3. The van der Waals surface area contributed by atoms with E-state index in [4.69, 9.17) is 61.6 Å². The summed E-state index contributed by atoms with van der Waals surface area (Å²) in [5.41, 5.74) is 0. The Bertz CT molecular complexity index is 2030. The summed E-state index contributed by atoms with van der Waals surface area (Å²) in [6, 6.07) is -3.61. The Morgan fingerprint density at radius 2 is 0.720 bits per heavy atom. The van der Waals surface area contributed by atoms with Gasteiger partial charge in [0.2, 0.25) is 11.8 Å². The molecule has 0 aliphatic carbocycles. The van der Waals surface area contributed by atoms with E-state index in [0.717, 1.165) is 13.8 Å². The van der Waals surface area contributed by atoms with Crippen LogP contribution in [0.5, 0.6) is 0 Å². The third kappa shape index (κ3) is 14.5. The van der Waals surface area contributed by atoms with Gasteiger partial charge in [-0.25, -0.2) is 0 Å².